The number of fused-ring (bicyclic) bond motifs is 1. The molecule has 0 bridgehead atoms. The van der Waals surface area contributed by atoms with Crippen molar-refractivity contribution in [1.29, 1.82) is 0 Å². The number of carbonyl (C=O) groups is 1. The minimum atomic E-state index is -0.481. The van der Waals surface area contributed by atoms with Crippen molar-refractivity contribution in [3.63, 3.8) is 0 Å². The summed E-state index contributed by atoms with van der Waals surface area (Å²) in [4.78, 5) is 22.8. The Kier molecular flexibility index (Phi) is 4.91. The second kappa shape index (κ2) is 7.37. The summed E-state index contributed by atoms with van der Waals surface area (Å²) in [5.74, 6) is 0.832. The Bertz CT molecular complexity index is 1060. The predicted octanol–water partition coefficient (Wildman–Crippen LogP) is 3.63. The van der Waals surface area contributed by atoms with Crippen LogP contribution in [0.4, 0.5) is 11.5 Å². The minimum absolute atomic E-state index is 0.0575. The molecule has 1 atom stereocenters. The van der Waals surface area contributed by atoms with Crippen LogP contribution in [0.3, 0.4) is 0 Å². The van der Waals surface area contributed by atoms with Crippen LogP contribution in [0.15, 0.2) is 18.5 Å². The summed E-state index contributed by atoms with van der Waals surface area (Å²) >= 11 is 1.64. The van der Waals surface area contributed by atoms with Crippen LogP contribution in [0.1, 0.15) is 32.8 Å². The van der Waals surface area contributed by atoms with Crippen LogP contribution in [-0.4, -0.2) is 35.2 Å². The number of hydrogen-bond donors (Lipinski definition) is 2. The monoisotopic (exact) mass is 398 g/mol. The average molecular weight is 398 g/mol. The fourth-order valence-electron chi connectivity index (χ4n) is 3.39. The maximum atomic E-state index is 11.8. The van der Waals surface area contributed by atoms with Gasteiger partial charge in [0.25, 0.3) is 0 Å². The van der Waals surface area contributed by atoms with Gasteiger partial charge in [0, 0.05) is 22.4 Å². The highest BCUT2D eigenvalue weighted by molar-refractivity contribution is 7.18. The predicted molar refractivity (Wildman–Crippen MR) is 110 cm³/mol. The molecule has 3 heterocycles. The topological polar surface area (TPSA) is 99.4 Å². The van der Waals surface area contributed by atoms with Crippen LogP contribution >= 0.6 is 11.3 Å². The normalized spacial score (nSPS) is 16.5. The van der Waals surface area contributed by atoms with Crippen LogP contribution in [0.2, 0.25) is 0 Å². The molecule has 28 heavy (non-hydrogen) atoms. The van der Waals surface area contributed by atoms with Gasteiger partial charge in [-0.15, -0.1) is 11.3 Å². The molecule has 0 saturated carbocycles. The van der Waals surface area contributed by atoms with Crippen molar-refractivity contribution in [1.82, 2.24) is 9.97 Å². The van der Waals surface area contributed by atoms with Gasteiger partial charge in [-0.1, -0.05) is 0 Å². The Balaban J connectivity index is 1.79. The van der Waals surface area contributed by atoms with Gasteiger partial charge in [0.15, 0.2) is 0 Å². The van der Waals surface area contributed by atoms with E-state index in [1.165, 1.54) is 4.88 Å². The largest absolute Gasteiger partial charge is 0.485 e. The zero-order chi connectivity index (χ0) is 19.8. The van der Waals surface area contributed by atoms with Crippen LogP contribution < -0.4 is 15.8 Å². The van der Waals surface area contributed by atoms with E-state index in [2.05, 4.69) is 29.1 Å². The molecule has 3 aromatic rings. The van der Waals surface area contributed by atoms with E-state index >= 15 is 0 Å². The van der Waals surface area contributed by atoms with Crippen molar-refractivity contribution in [3.8, 4) is 5.75 Å². The third kappa shape index (κ3) is 3.29. The van der Waals surface area contributed by atoms with Gasteiger partial charge < -0.3 is 20.5 Å². The number of primary amides is 1. The summed E-state index contributed by atoms with van der Waals surface area (Å²) in [6.45, 7) is 7.18. The Labute approximate surface area is 166 Å². The molecule has 3 N–H and O–H groups in total. The molecule has 1 aliphatic heterocycles. The first-order valence-electron chi connectivity index (χ1n) is 9.11. The molecule has 1 aromatic carbocycles. The number of aryl methyl sites for hydroxylation is 2. The number of hydrogen-bond acceptors (Lipinski definition) is 7. The molecule has 4 rings (SSSR count). The molecule has 7 nitrogen and oxygen atoms in total. The zero-order valence-corrected chi connectivity index (χ0v) is 16.9. The van der Waals surface area contributed by atoms with E-state index in [0.29, 0.717) is 35.9 Å². The maximum absolute atomic E-state index is 11.8. The lowest BCUT2D eigenvalue weighted by Gasteiger charge is -2.20. The first kappa shape index (κ1) is 18.6. The Morgan fingerprint density at radius 2 is 2.11 bits per heavy atom. The van der Waals surface area contributed by atoms with Crippen molar-refractivity contribution in [2.75, 3.05) is 18.5 Å². The number of anilines is 2. The molecule has 1 aliphatic rings. The molecule has 0 radical (unpaired) electrons. The van der Waals surface area contributed by atoms with E-state index in [4.69, 9.17) is 15.2 Å². The highest BCUT2D eigenvalue weighted by Gasteiger charge is 2.23. The van der Waals surface area contributed by atoms with E-state index in [-0.39, 0.29) is 6.10 Å². The first-order valence-corrected chi connectivity index (χ1v) is 9.93. The van der Waals surface area contributed by atoms with E-state index in [1.807, 2.05) is 6.92 Å². The van der Waals surface area contributed by atoms with E-state index in [1.54, 1.807) is 29.8 Å². The van der Waals surface area contributed by atoms with Crippen molar-refractivity contribution >= 4 is 39.0 Å². The molecule has 8 heteroatoms. The van der Waals surface area contributed by atoms with Gasteiger partial charge >= 0.3 is 0 Å². The molecule has 1 fully saturated rings. The maximum Gasteiger partial charge on any atom is 0.249 e. The molecule has 1 saturated heterocycles. The van der Waals surface area contributed by atoms with Crippen molar-refractivity contribution in [2.45, 2.75) is 33.3 Å². The van der Waals surface area contributed by atoms with Crippen LogP contribution in [0.25, 0.3) is 10.2 Å². The number of aromatic nitrogens is 2. The van der Waals surface area contributed by atoms with Gasteiger partial charge in [0.05, 0.1) is 24.3 Å². The average Bonchev–Trinajstić information content (AvgIpc) is 3.26. The van der Waals surface area contributed by atoms with E-state index < -0.39 is 5.91 Å². The van der Waals surface area contributed by atoms with Crippen LogP contribution in [-0.2, 0) is 4.74 Å². The summed E-state index contributed by atoms with van der Waals surface area (Å²) in [6, 6.07) is 3.52. The molecule has 2 aromatic heterocycles. The lowest BCUT2D eigenvalue weighted by atomic mass is 10.1. The van der Waals surface area contributed by atoms with Gasteiger partial charge in [-0.05, 0) is 38.5 Å². The molecule has 0 aliphatic carbocycles. The SMILES string of the molecule is Cc1sc2ncnc(Nc3ccc(C(N)=O)c(C)c3OC3CCOC3)c2c1C. The highest BCUT2D eigenvalue weighted by atomic mass is 32.1. The van der Waals surface area contributed by atoms with Gasteiger partial charge in [-0.25, -0.2) is 9.97 Å². The fourth-order valence-corrected chi connectivity index (χ4v) is 4.38. The third-order valence-electron chi connectivity index (χ3n) is 5.06. The van der Waals surface area contributed by atoms with Crippen molar-refractivity contribution in [3.05, 3.63) is 40.0 Å². The number of nitrogens with two attached hydrogens (primary N) is 1. The highest BCUT2D eigenvalue weighted by Crippen LogP contribution is 2.38. The Morgan fingerprint density at radius 3 is 2.82 bits per heavy atom. The summed E-state index contributed by atoms with van der Waals surface area (Å²) in [6.07, 6.45) is 2.30. The summed E-state index contributed by atoms with van der Waals surface area (Å²) in [7, 11) is 0. The number of thiophene rings is 1. The third-order valence-corrected chi connectivity index (χ3v) is 6.18. The second-order valence-electron chi connectivity index (χ2n) is 6.89. The lowest BCUT2D eigenvalue weighted by molar-refractivity contribution is 0.0998. The number of benzene rings is 1. The standard InChI is InChI=1S/C20H22N4O3S/c1-10-12(3)28-20-16(10)19(22-9-23-20)24-15-5-4-14(18(21)25)11(2)17(15)27-13-6-7-26-8-13/h4-5,9,13H,6-8H2,1-3H3,(H2,21,25)(H,22,23,24). The number of ether oxygens (including phenoxy) is 2. The fraction of sp³-hybridized carbons (Fsp3) is 0.350. The van der Waals surface area contributed by atoms with Gasteiger partial charge in [0.1, 0.15) is 28.8 Å². The smallest absolute Gasteiger partial charge is 0.249 e. The Hall–Kier alpha value is -2.71. The minimum Gasteiger partial charge on any atom is -0.485 e. The number of nitrogens with zero attached hydrogens (tertiary/aromatic N) is 2. The number of amides is 1. The number of rotatable bonds is 5. The van der Waals surface area contributed by atoms with Gasteiger partial charge in [0.2, 0.25) is 5.91 Å². The van der Waals surface area contributed by atoms with Crippen molar-refractivity contribution < 1.29 is 14.3 Å². The van der Waals surface area contributed by atoms with Gasteiger partial charge in [-0.3, -0.25) is 4.79 Å². The van der Waals surface area contributed by atoms with E-state index in [0.717, 1.165) is 27.9 Å². The molecule has 0 spiro atoms. The van der Waals surface area contributed by atoms with Gasteiger partial charge in [-0.2, -0.15) is 0 Å². The lowest BCUT2D eigenvalue weighted by Crippen LogP contribution is -2.19. The molecular formula is C20H22N4O3S. The molecule has 146 valence electrons. The number of nitrogens with one attached hydrogen (secondary N) is 1. The summed E-state index contributed by atoms with van der Waals surface area (Å²) < 4.78 is 11.6. The molecule has 1 amide bonds. The van der Waals surface area contributed by atoms with Crippen LogP contribution in [0, 0.1) is 20.8 Å². The van der Waals surface area contributed by atoms with E-state index in [9.17, 15) is 4.79 Å². The summed E-state index contributed by atoms with van der Waals surface area (Å²) in [5, 5.41) is 4.39. The quantitative estimate of drug-likeness (QED) is 0.681. The zero-order valence-electron chi connectivity index (χ0n) is 16.0. The first-order chi connectivity index (χ1) is 13.5. The van der Waals surface area contributed by atoms with Crippen molar-refractivity contribution in [2.24, 2.45) is 5.73 Å². The Morgan fingerprint density at radius 1 is 1.29 bits per heavy atom. The molecular weight excluding hydrogens is 376 g/mol. The number of carbonyl (C=O) groups excluding carboxylic acids is 1. The molecule has 1 unspecified atom stereocenters. The van der Waals surface area contributed by atoms with Crippen LogP contribution in [0.5, 0.6) is 5.75 Å². The second-order valence-corrected chi connectivity index (χ2v) is 8.10. The summed E-state index contributed by atoms with van der Waals surface area (Å²) in [5.41, 5.74) is 8.56.